The highest BCUT2D eigenvalue weighted by Crippen LogP contribution is 2.28. The number of rotatable bonds is 8. The quantitative estimate of drug-likeness (QED) is 0.332. The molecule has 0 saturated heterocycles. The van der Waals surface area contributed by atoms with Crippen molar-refractivity contribution in [3.63, 3.8) is 0 Å². The van der Waals surface area contributed by atoms with E-state index in [1.165, 1.54) is 47.0 Å². The molecule has 0 N–H and O–H groups in total. The van der Waals surface area contributed by atoms with Crippen LogP contribution < -0.4 is 13.8 Å². The third-order valence-electron chi connectivity index (χ3n) is 5.49. The predicted molar refractivity (Wildman–Crippen MR) is 140 cm³/mol. The van der Waals surface area contributed by atoms with Crippen LogP contribution in [0, 0.1) is 0 Å². The number of hydrogen-bond acceptors (Lipinski definition) is 5. The number of ether oxygens (including phenoxy) is 1. The summed E-state index contributed by atoms with van der Waals surface area (Å²) >= 11 is 1.43. The Morgan fingerprint density at radius 1 is 1.00 bits per heavy atom. The number of carbonyl (C=O) groups excluding carboxylic acids is 1. The molecule has 1 amide bonds. The van der Waals surface area contributed by atoms with Crippen molar-refractivity contribution in [1.82, 2.24) is 4.57 Å². The summed E-state index contributed by atoms with van der Waals surface area (Å²) in [4.78, 5) is 18.1. The Morgan fingerprint density at radius 3 is 2.37 bits per heavy atom. The standard InChI is InChI=1S/C26H27N3O4S2/c1-4-18-29-24-22(33-5-2)12-9-13-23(24)34-26(29)27-25(30)19-14-16-21(17-15-19)35(31,32)28(3)20-10-7-6-8-11-20/h6-17H,4-5,18H2,1-3H3. The van der Waals surface area contributed by atoms with Gasteiger partial charge in [0.25, 0.3) is 15.9 Å². The van der Waals surface area contributed by atoms with E-state index in [-0.39, 0.29) is 4.90 Å². The number of fused-ring (bicyclic) bond motifs is 1. The van der Waals surface area contributed by atoms with Gasteiger partial charge in [-0.25, -0.2) is 8.42 Å². The first-order chi connectivity index (χ1) is 16.9. The Kier molecular flexibility index (Phi) is 7.37. The van der Waals surface area contributed by atoms with Crippen molar-refractivity contribution in [2.75, 3.05) is 18.0 Å². The zero-order chi connectivity index (χ0) is 25.0. The van der Waals surface area contributed by atoms with Gasteiger partial charge < -0.3 is 9.30 Å². The maximum absolute atomic E-state index is 13.0. The second-order valence-corrected chi connectivity index (χ2v) is 10.8. The summed E-state index contributed by atoms with van der Waals surface area (Å²) in [6, 6.07) is 20.5. The van der Waals surface area contributed by atoms with Gasteiger partial charge in [-0.3, -0.25) is 9.10 Å². The minimum atomic E-state index is -3.76. The Hall–Kier alpha value is -3.43. The van der Waals surface area contributed by atoms with Crippen molar-refractivity contribution >= 4 is 43.2 Å². The second-order valence-electron chi connectivity index (χ2n) is 7.82. The molecule has 0 fully saturated rings. The molecule has 182 valence electrons. The summed E-state index contributed by atoms with van der Waals surface area (Å²) in [6.07, 6.45) is 0.870. The lowest BCUT2D eigenvalue weighted by Crippen LogP contribution is -2.26. The van der Waals surface area contributed by atoms with Crippen molar-refractivity contribution in [2.45, 2.75) is 31.7 Å². The third-order valence-corrected chi connectivity index (χ3v) is 8.33. The zero-order valence-electron chi connectivity index (χ0n) is 19.8. The lowest BCUT2D eigenvalue weighted by Gasteiger charge is -2.19. The predicted octanol–water partition coefficient (Wildman–Crippen LogP) is 5.08. The normalized spacial score (nSPS) is 12.1. The average Bonchev–Trinajstić information content (AvgIpc) is 3.22. The van der Waals surface area contributed by atoms with Crippen LogP contribution in [0.1, 0.15) is 30.6 Å². The molecule has 0 saturated carbocycles. The molecule has 0 atom stereocenters. The lowest BCUT2D eigenvalue weighted by molar-refractivity contribution is 0.0997. The molecule has 0 aliphatic carbocycles. The third kappa shape index (κ3) is 5.01. The van der Waals surface area contributed by atoms with Crippen LogP contribution in [0.25, 0.3) is 10.2 Å². The molecule has 0 bridgehead atoms. The topological polar surface area (TPSA) is 81.0 Å². The number of carbonyl (C=O) groups is 1. The van der Waals surface area contributed by atoms with E-state index in [9.17, 15) is 13.2 Å². The maximum atomic E-state index is 13.0. The Labute approximate surface area is 209 Å². The number of aryl methyl sites for hydroxylation is 1. The second kappa shape index (κ2) is 10.5. The van der Waals surface area contributed by atoms with Crippen molar-refractivity contribution in [1.29, 1.82) is 0 Å². The number of sulfonamides is 1. The first kappa shape index (κ1) is 24.7. The van der Waals surface area contributed by atoms with Gasteiger partial charge in [0.15, 0.2) is 4.80 Å². The van der Waals surface area contributed by atoms with Crippen LogP contribution in [0.4, 0.5) is 5.69 Å². The van der Waals surface area contributed by atoms with E-state index in [2.05, 4.69) is 11.9 Å². The van der Waals surface area contributed by atoms with E-state index in [0.717, 1.165) is 22.4 Å². The van der Waals surface area contributed by atoms with Gasteiger partial charge in [0.05, 0.1) is 21.9 Å². The molecule has 3 aromatic carbocycles. The molecular weight excluding hydrogens is 482 g/mol. The van der Waals surface area contributed by atoms with E-state index in [4.69, 9.17) is 4.74 Å². The molecular formula is C26H27N3O4S2. The molecule has 0 radical (unpaired) electrons. The molecule has 7 nitrogen and oxygen atoms in total. The molecule has 4 aromatic rings. The zero-order valence-corrected chi connectivity index (χ0v) is 21.5. The van der Waals surface area contributed by atoms with E-state index in [0.29, 0.717) is 29.2 Å². The van der Waals surface area contributed by atoms with E-state index in [1.807, 2.05) is 35.8 Å². The lowest BCUT2D eigenvalue weighted by atomic mass is 10.2. The van der Waals surface area contributed by atoms with Gasteiger partial charge in [0, 0.05) is 19.2 Å². The van der Waals surface area contributed by atoms with Crippen LogP contribution in [0.5, 0.6) is 5.75 Å². The van der Waals surface area contributed by atoms with Crippen LogP contribution in [0.2, 0.25) is 0 Å². The number of anilines is 1. The molecule has 0 spiro atoms. The maximum Gasteiger partial charge on any atom is 0.279 e. The SMILES string of the molecule is CCCn1c(=NC(=O)c2ccc(S(=O)(=O)N(C)c3ccccc3)cc2)sc2cccc(OCC)c21. The number of thiazole rings is 1. The van der Waals surface area contributed by atoms with Crippen LogP contribution in [0.3, 0.4) is 0 Å². The van der Waals surface area contributed by atoms with Gasteiger partial charge in [-0.1, -0.05) is 42.5 Å². The highest BCUT2D eigenvalue weighted by atomic mass is 32.2. The number of hydrogen-bond donors (Lipinski definition) is 0. The molecule has 0 aliphatic heterocycles. The van der Waals surface area contributed by atoms with Crippen molar-refractivity contribution in [3.8, 4) is 5.75 Å². The summed E-state index contributed by atoms with van der Waals surface area (Å²) in [5.74, 6) is 0.334. The first-order valence-electron chi connectivity index (χ1n) is 11.3. The van der Waals surface area contributed by atoms with Crippen LogP contribution in [-0.2, 0) is 16.6 Å². The van der Waals surface area contributed by atoms with Gasteiger partial charge in [-0.15, -0.1) is 0 Å². The summed E-state index contributed by atoms with van der Waals surface area (Å²) in [5.41, 5.74) is 1.80. The monoisotopic (exact) mass is 509 g/mol. The van der Waals surface area contributed by atoms with Crippen molar-refractivity contribution < 1.29 is 17.9 Å². The number of benzene rings is 3. The Morgan fingerprint density at radius 2 is 1.71 bits per heavy atom. The van der Waals surface area contributed by atoms with Gasteiger partial charge in [0.2, 0.25) is 0 Å². The van der Waals surface area contributed by atoms with Crippen LogP contribution in [-0.4, -0.2) is 32.5 Å². The minimum Gasteiger partial charge on any atom is -0.492 e. The smallest absolute Gasteiger partial charge is 0.279 e. The number of nitrogens with zero attached hydrogens (tertiary/aromatic N) is 3. The summed E-state index contributed by atoms with van der Waals surface area (Å²) < 4.78 is 36.0. The fraction of sp³-hybridized carbons (Fsp3) is 0.231. The minimum absolute atomic E-state index is 0.102. The molecule has 4 rings (SSSR count). The highest BCUT2D eigenvalue weighted by Gasteiger charge is 2.21. The van der Waals surface area contributed by atoms with Crippen molar-refractivity contribution in [2.24, 2.45) is 4.99 Å². The first-order valence-corrected chi connectivity index (χ1v) is 13.6. The highest BCUT2D eigenvalue weighted by molar-refractivity contribution is 7.92. The van der Waals surface area contributed by atoms with E-state index >= 15 is 0 Å². The number of aromatic nitrogens is 1. The molecule has 1 heterocycles. The summed E-state index contributed by atoms with van der Waals surface area (Å²) in [6.45, 7) is 5.24. The Bertz CT molecular complexity index is 1510. The average molecular weight is 510 g/mol. The molecule has 0 unspecified atom stereocenters. The van der Waals surface area contributed by atoms with E-state index in [1.54, 1.807) is 24.3 Å². The van der Waals surface area contributed by atoms with E-state index < -0.39 is 15.9 Å². The molecule has 1 aromatic heterocycles. The molecule has 0 aliphatic rings. The molecule has 9 heteroatoms. The van der Waals surface area contributed by atoms with Crippen molar-refractivity contribution in [3.05, 3.63) is 83.2 Å². The fourth-order valence-electron chi connectivity index (χ4n) is 3.74. The summed E-state index contributed by atoms with van der Waals surface area (Å²) in [7, 11) is -2.26. The van der Waals surface area contributed by atoms with Gasteiger partial charge >= 0.3 is 0 Å². The van der Waals surface area contributed by atoms with Gasteiger partial charge in [-0.2, -0.15) is 4.99 Å². The van der Waals surface area contributed by atoms with Crippen LogP contribution in [0.15, 0.2) is 82.7 Å². The van der Waals surface area contributed by atoms with Gasteiger partial charge in [-0.05, 0) is 61.9 Å². The Balaban J connectivity index is 1.67. The number of amides is 1. The largest absolute Gasteiger partial charge is 0.492 e. The van der Waals surface area contributed by atoms with Gasteiger partial charge in [0.1, 0.15) is 11.3 Å². The number of para-hydroxylation sites is 2. The summed E-state index contributed by atoms with van der Waals surface area (Å²) in [5, 5.41) is 0. The van der Waals surface area contributed by atoms with Crippen LogP contribution >= 0.6 is 11.3 Å². The fourth-order valence-corrected chi connectivity index (χ4v) is 6.01. The molecule has 35 heavy (non-hydrogen) atoms.